The summed E-state index contributed by atoms with van der Waals surface area (Å²) < 4.78 is 42.7. The lowest BCUT2D eigenvalue weighted by Crippen LogP contribution is -2.43. The Balaban J connectivity index is 0.00000625. The molecule has 156 valence electrons. The summed E-state index contributed by atoms with van der Waals surface area (Å²) in [5.41, 5.74) is 0. The molecule has 1 aliphatic carbocycles. The number of alkyl halides is 3. The molecule has 9 heteroatoms. The molecule has 1 saturated carbocycles. The highest BCUT2D eigenvalue weighted by atomic mass is 127. The summed E-state index contributed by atoms with van der Waals surface area (Å²) in [4.78, 5) is 5.35. The molecule has 0 aromatic carbocycles. The van der Waals surface area contributed by atoms with Crippen LogP contribution in [0.4, 0.5) is 13.2 Å². The quantitative estimate of drug-likeness (QED) is 0.278. The lowest BCUT2D eigenvalue weighted by Gasteiger charge is -2.24. The molecular weight excluding hydrogens is 460 g/mol. The molecule has 0 radical (unpaired) electrons. The van der Waals surface area contributed by atoms with Gasteiger partial charge in [0.2, 0.25) is 0 Å². The normalized spacial score (nSPS) is 17.3. The van der Waals surface area contributed by atoms with E-state index in [0.29, 0.717) is 25.0 Å². The van der Waals surface area contributed by atoms with Crippen LogP contribution in [-0.2, 0) is 4.74 Å². The van der Waals surface area contributed by atoms with Crippen molar-refractivity contribution in [2.45, 2.75) is 51.3 Å². The predicted molar refractivity (Wildman–Crippen MR) is 110 cm³/mol. The second-order valence-corrected chi connectivity index (χ2v) is 6.61. The summed E-state index contributed by atoms with van der Waals surface area (Å²) in [7, 11) is 3.12. The zero-order valence-corrected chi connectivity index (χ0v) is 18.4. The Kier molecular flexibility index (Phi) is 13.7. The largest absolute Gasteiger partial charge is 0.401 e. The van der Waals surface area contributed by atoms with Crippen molar-refractivity contribution in [2.75, 3.05) is 46.9 Å². The first-order valence-electron chi connectivity index (χ1n) is 9.17. The van der Waals surface area contributed by atoms with E-state index in [1.165, 1.54) is 37.6 Å². The van der Waals surface area contributed by atoms with E-state index in [2.05, 4.69) is 15.6 Å². The standard InChI is InChI=1S/C17H33F3N4O.HI/c1-4-25-15(14-7-5-6-8-14)9-10-22-16(21-2)23-11-12-24(3)13-17(18,19)20;/h14-15H,4-13H2,1-3H3,(H2,21,22,23);1H. The van der Waals surface area contributed by atoms with Gasteiger partial charge in [-0.1, -0.05) is 12.8 Å². The third-order valence-electron chi connectivity index (χ3n) is 4.49. The number of halogens is 4. The first-order valence-corrected chi connectivity index (χ1v) is 9.17. The van der Waals surface area contributed by atoms with E-state index in [9.17, 15) is 13.2 Å². The summed E-state index contributed by atoms with van der Waals surface area (Å²) >= 11 is 0. The van der Waals surface area contributed by atoms with Crippen LogP contribution >= 0.6 is 24.0 Å². The van der Waals surface area contributed by atoms with E-state index in [4.69, 9.17) is 4.74 Å². The molecule has 0 bridgehead atoms. The van der Waals surface area contributed by atoms with Crippen LogP contribution in [0.1, 0.15) is 39.0 Å². The molecule has 5 nitrogen and oxygen atoms in total. The average molecular weight is 494 g/mol. The topological polar surface area (TPSA) is 48.9 Å². The molecule has 0 aromatic rings. The average Bonchev–Trinajstić information content (AvgIpc) is 3.05. The molecular formula is C17H34F3IN4O. The van der Waals surface area contributed by atoms with Crippen molar-refractivity contribution in [3.8, 4) is 0 Å². The number of likely N-dealkylation sites (N-methyl/N-ethyl adjacent to an activating group) is 1. The van der Waals surface area contributed by atoms with Crippen LogP contribution in [0.3, 0.4) is 0 Å². The molecule has 0 spiro atoms. The van der Waals surface area contributed by atoms with E-state index < -0.39 is 12.7 Å². The molecule has 1 aliphatic rings. The first kappa shape index (κ1) is 25.7. The lowest BCUT2D eigenvalue weighted by molar-refractivity contribution is -0.142. The summed E-state index contributed by atoms with van der Waals surface area (Å²) in [6, 6.07) is 0. The summed E-state index contributed by atoms with van der Waals surface area (Å²) in [5, 5.41) is 6.27. The molecule has 0 aromatic heterocycles. The van der Waals surface area contributed by atoms with Crippen LogP contribution in [-0.4, -0.2) is 70.0 Å². The maximum atomic E-state index is 12.3. The Morgan fingerprint density at radius 3 is 2.38 bits per heavy atom. The zero-order chi connectivity index (χ0) is 18.7. The van der Waals surface area contributed by atoms with E-state index >= 15 is 0 Å². The monoisotopic (exact) mass is 494 g/mol. The van der Waals surface area contributed by atoms with Crippen molar-refractivity contribution in [1.82, 2.24) is 15.5 Å². The van der Waals surface area contributed by atoms with Crippen molar-refractivity contribution in [3.63, 3.8) is 0 Å². The number of nitrogens with zero attached hydrogens (tertiary/aromatic N) is 2. The minimum Gasteiger partial charge on any atom is -0.378 e. The van der Waals surface area contributed by atoms with Gasteiger partial charge in [0.15, 0.2) is 5.96 Å². The number of rotatable bonds is 10. The fourth-order valence-electron chi connectivity index (χ4n) is 3.30. The van der Waals surface area contributed by atoms with Crippen molar-refractivity contribution in [3.05, 3.63) is 0 Å². The number of hydrogen-bond acceptors (Lipinski definition) is 3. The molecule has 1 unspecified atom stereocenters. The number of aliphatic imine (C=N–C) groups is 1. The molecule has 1 fully saturated rings. The Morgan fingerprint density at radius 2 is 1.85 bits per heavy atom. The van der Waals surface area contributed by atoms with Crippen molar-refractivity contribution < 1.29 is 17.9 Å². The molecule has 26 heavy (non-hydrogen) atoms. The number of nitrogens with one attached hydrogen (secondary N) is 2. The Morgan fingerprint density at radius 1 is 1.23 bits per heavy atom. The van der Waals surface area contributed by atoms with Gasteiger partial charge in [0.05, 0.1) is 12.6 Å². The van der Waals surface area contributed by atoms with E-state index in [1.54, 1.807) is 7.05 Å². The molecule has 0 saturated heterocycles. The Labute approximate surface area is 172 Å². The van der Waals surface area contributed by atoms with Crippen molar-refractivity contribution in [2.24, 2.45) is 10.9 Å². The van der Waals surface area contributed by atoms with Crippen molar-refractivity contribution >= 4 is 29.9 Å². The number of guanidine groups is 1. The van der Waals surface area contributed by atoms with Crippen LogP contribution in [0.5, 0.6) is 0 Å². The third kappa shape index (κ3) is 11.4. The van der Waals surface area contributed by atoms with Crippen LogP contribution in [0.15, 0.2) is 4.99 Å². The molecule has 0 heterocycles. The highest BCUT2D eigenvalue weighted by molar-refractivity contribution is 14.0. The van der Waals surface area contributed by atoms with Gasteiger partial charge >= 0.3 is 6.18 Å². The van der Waals surface area contributed by atoms with Gasteiger partial charge in [0.1, 0.15) is 0 Å². The van der Waals surface area contributed by atoms with Crippen LogP contribution < -0.4 is 10.6 Å². The van der Waals surface area contributed by atoms with Gasteiger partial charge in [-0.3, -0.25) is 9.89 Å². The van der Waals surface area contributed by atoms with Gasteiger partial charge in [0, 0.05) is 33.3 Å². The van der Waals surface area contributed by atoms with Gasteiger partial charge in [0.25, 0.3) is 0 Å². The Hall–Kier alpha value is -0.290. The minimum atomic E-state index is -4.16. The van der Waals surface area contributed by atoms with E-state index in [1.807, 2.05) is 6.92 Å². The maximum absolute atomic E-state index is 12.3. The Bertz CT molecular complexity index is 391. The number of hydrogen-bond donors (Lipinski definition) is 2. The SMILES string of the molecule is CCOC(CCNC(=NC)NCCN(C)CC(F)(F)F)C1CCCC1.I. The second-order valence-electron chi connectivity index (χ2n) is 6.61. The maximum Gasteiger partial charge on any atom is 0.401 e. The highest BCUT2D eigenvalue weighted by Crippen LogP contribution is 2.30. The molecule has 1 atom stereocenters. The van der Waals surface area contributed by atoms with E-state index in [-0.39, 0.29) is 30.1 Å². The fourth-order valence-corrected chi connectivity index (χ4v) is 3.30. The lowest BCUT2D eigenvalue weighted by atomic mass is 9.98. The van der Waals surface area contributed by atoms with Crippen LogP contribution in [0, 0.1) is 5.92 Å². The van der Waals surface area contributed by atoms with Gasteiger partial charge < -0.3 is 15.4 Å². The van der Waals surface area contributed by atoms with Crippen LogP contribution in [0.25, 0.3) is 0 Å². The summed E-state index contributed by atoms with van der Waals surface area (Å²) in [6.45, 7) is 3.28. The summed E-state index contributed by atoms with van der Waals surface area (Å²) in [6.07, 6.45) is 2.08. The van der Waals surface area contributed by atoms with E-state index in [0.717, 1.165) is 19.6 Å². The molecule has 0 aliphatic heterocycles. The fraction of sp³-hybridized carbons (Fsp3) is 0.941. The molecule has 1 rings (SSSR count). The summed E-state index contributed by atoms with van der Waals surface area (Å²) in [5.74, 6) is 1.26. The van der Waals surface area contributed by atoms with Crippen LogP contribution in [0.2, 0.25) is 0 Å². The smallest absolute Gasteiger partial charge is 0.378 e. The van der Waals surface area contributed by atoms with Gasteiger partial charge in [-0.05, 0) is 39.2 Å². The highest BCUT2D eigenvalue weighted by Gasteiger charge is 2.29. The van der Waals surface area contributed by atoms with Gasteiger partial charge in [-0.15, -0.1) is 24.0 Å². The van der Waals surface area contributed by atoms with Crippen molar-refractivity contribution in [1.29, 1.82) is 0 Å². The number of ether oxygens (including phenoxy) is 1. The third-order valence-corrected chi connectivity index (χ3v) is 4.49. The minimum absolute atomic E-state index is 0. The molecule has 0 amide bonds. The van der Waals surface area contributed by atoms with Gasteiger partial charge in [-0.25, -0.2) is 0 Å². The zero-order valence-electron chi connectivity index (χ0n) is 16.1. The first-order chi connectivity index (χ1) is 11.9. The molecule has 2 N–H and O–H groups in total. The second kappa shape index (κ2) is 13.8. The predicted octanol–water partition coefficient (Wildman–Crippen LogP) is 3.25. The van der Waals surface area contributed by atoms with Gasteiger partial charge in [-0.2, -0.15) is 13.2 Å².